The fourth-order valence-electron chi connectivity index (χ4n) is 3.54. The van der Waals surface area contributed by atoms with Gasteiger partial charge in [0.1, 0.15) is 17.1 Å². The fourth-order valence-corrected chi connectivity index (χ4v) is 3.82. The van der Waals surface area contributed by atoms with Gasteiger partial charge in [-0.2, -0.15) is 0 Å². The molecule has 8 heteroatoms. The van der Waals surface area contributed by atoms with Crippen LogP contribution in [0.25, 0.3) is 17.4 Å². The summed E-state index contributed by atoms with van der Waals surface area (Å²) in [5.41, 5.74) is 2.61. The minimum atomic E-state index is -1.03. The standard InChI is InChI=1S/C24H18N2O5S/c1-13-6-3-4-9-19(13)26-22(28)18(21(27)25-24(26)32)12-15-10-11-20(31-15)16-7-5-8-17(14(16)2)23(29)30/h3-12H,1-2H3,(H,29,30)(H,25,27,32)/b18-12+. The van der Waals surface area contributed by atoms with Crippen molar-refractivity contribution in [3.8, 4) is 11.3 Å². The third kappa shape index (κ3) is 3.72. The molecule has 1 aliphatic rings. The Morgan fingerprint density at radius 3 is 2.53 bits per heavy atom. The molecule has 160 valence electrons. The van der Waals surface area contributed by atoms with Crippen molar-refractivity contribution in [2.75, 3.05) is 4.90 Å². The van der Waals surface area contributed by atoms with E-state index >= 15 is 0 Å². The van der Waals surface area contributed by atoms with Gasteiger partial charge in [0.2, 0.25) is 0 Å². The van der Waals surface area contributed by atoms with Crippen molar-refractivity contribution in [2.45, 2.75) is 13.8 Å². The Morgan fingerprint density at radius 2 is 1.81 bits per heavy atom. The lowest BCUT2D eigenvalue weighted by molar-refractivity contribution is -0.122. The number of aryl methyl sites for hydroxylation is 1. The van der Waals surface area contributed by atoms with Crippen molar-refractivity contribution >= 4 is 46.9 Å². The number of carboxylic acids is 1. The van der Waals surface area contributed by atoms with E-state index in [1.807, 2.05) is 19.1 Å². The Morgan fingerprint density at radius 1 is 1.06 bits per heavy atom. The van der Waals surface area contributed by atoms with Gasteiger partial charge in [-0.1, -0.05) is 30.3 Å². The maximum atomic E-state index is 13.2. The second-order valence-electron chi connectivity index (χ2n) is 7.23. The van der Waals surface area contributed by atoms with Gasteiger partial charge in [-0.3, -0.25) is 19.8 Å². The van der Waals surface area contributed by atoms with Crippen LogP contribution >= 0.6 is 12.2 Å². The van der Waals surface area contributed by atoms with Crippen molar-refractivity contribution in [3.63, 3.8) is 0 Å². The molecule has 4 rings (SSSR count). The molecule has 1 fully saturated rings. The van der Waals surface area contributed by atoms with Crippen molar-refractivity contribution in [2.24, 2.45) is 0 Å². The van der Waals surface area contributed by atoms with Gasteiger partial charge >= 0.3 is 5.97 Å². The average Bonchev–Trinajstić information content (AvgIpc) is 3.20. The number of thiocarbonyl (C=S) groups is 1. The predicted molar refractivity (Wildman–Crippen MR) is 123 cm³/mol. The lowest BCUT2D eigenvalue weighted by Crippen LogP contribution is -2.54. The van der Waals surface area contributed by atoms with Crippen molar-refractivity contribution < 1.29 is 23.9 Å². The van der Waals surface area contributed by atoms with Crippen molar-refractivity contribution in [1.82, 2.24) is 5.32 Å². The Bertz CT molecular complexity index is 1320. The second kappa shape index (κ2) is 8.24. The molecule has 2 amide bonds. The molecule has 0 unspecified atom stereocenters. The first-order valence-corrected chi connectivity index (χ1v) is 10.1. The number of carbonyl (C=O) groups excluding carboxylic acids is 2. The van der Waals surface area contributed by atoms with Crippen LogP contribution in [0.2, 0.25) is 0 Å². The summed E-state index contributed by atoms with van der Waals surface area (Å²) in [4.78, 5) is 38.4. The highest BCUT2D eigenvalue weighted by Crippen LogP contribution is 2.30. The zero-order valence-electron chi connectivity index (χ0n) is 17.2. The predicted octanol–water partition coefficient (Wildman–Crippen LogP) is 4.09. The highest BCUT2D eigenvalue weighted by molar-refractivity contribution is 7.80. The quantitative estimate of drug-likeness (QED) is 0.356. The highest BCUT2D eigenvalue weighted by atomic mass is 32.1. The third-order valence-electron chi connectivity index (χ3n) is 5.20. The molecule has 0 radical (unpaired) electrons. The van der Waals surface area contributed by atoms with Crippen LogP contribution in [0.1, 0.15) is 27.2 Å². The molecule has 1 aliphatic heterocycles. The number of aromatic carboxylic acids is 1. The second-order valence-corrected chi connectivity index (χ2v) is 7.62. The normalized spacial score (nSPS) is 15.2. The molecule has 32 heavy (non-hydrogen) atoms. The first-order chi connectivity index (χ1) is 15.3. The number of rotatable bonds is 4. The van der Waals surface area contributed by atoms with Crippen LogP contribution in [0.4, 0.5) is 5.69 Å². The molecule has 0 saturated carbocycles. The summed E-state index contributed by atoms with van der Waals surface area (Å²) in [6, 6.07) is 15.4. The number of carboxylic acid groups (broad SMARTS) is 1. The van der Waals surface area contributed by atoms with E-state index in [0.717, 1.165) is 5.56 Å². The van der Waals surface area contributed by atoms with Gasteiger partial charge in [-0.25, -0.2) is 4.79 Å². The van der Waals surface area contributed by atoms with Crippen LogP contribution in [0, 0.1) is 13.8 Å². The van der Waals surface area contributed by atoms with Crippen molar-refractivity contribution in [3.05, 3.63) is 82.6 Å². The number of hydrogen-bond donors (Lipinski definition) is 2. The zero-order valence-corrected chi connectivity index (χ0v) is 18.0. The molecule has 2 heterocycles. The first-order valence-electron chi connectivity index (χ1n) is 9.68. The molecule has 0 aliphatic carbocycles. The van der Waals surface area contributed by atoms with Gasteiger partial charge in [0.25, 0.3) is 11.8 Å². The lowest BCUT2D eigenvalue weighted by Gasteiger charge is -2.29. The fraction of sp³-hybridized carbons (Fsp3) is 0.0833. The molecule has 0 atom stereocenters. The van der Waals surface area contributed by atoms with Gasteiger partial charge in [-0.15, -0.1) is 0 Å². The molecule has 1 aromatic heterocycles. The zero-order chi connectivity index (χ0) is 23.0. The summed E-state index contributed by atoms with van der Waals surface area (Å²) in [6.45, 7) is 3.54. The van der Waals surface area contributed by atoms with Gasteiger partial charge in [0.05, 0.1) is 11.3 Å². The molecular weight excluding hydrogens is 428 g/mol. The molecule has 1 saturated heterocycles. The van der Waals surface area contributed by atoms with Gasteiger partial charge < -0.3 is 9.52 Å². The third-order valence-corrected chi connectivity index (χ3v) is 5.49. The van der Waals surface area contributed by atoms with E-state index in [1.54, 1.807) is 43.3 Å². The molecule has 0 bridgehead atoms. The van der Waals surface area contributed by atoms with E-state index in [4.69, 9.17) is 16.6 Å². The topological polar surface area (TPSA) is 99.8 Å². The number of carbonyl (C=O) groups is 3. The number of furan rings is 1. The summed E-state index contributed by atoms with van der Waals surface area (Å²) in [5.74, 6) is -1.51. The molecule has 3 aromatic rings. The van der Waals surface area contributed by atoms with E-state index in [9.17, 15) is 19.5 Å². The minimum absolute atomic E-state index is 0.00712. The van der Waals surface area contributed by atoms with E-state index in [2.05, 4.69) is 5.32 Å². The first kappa shape index (κ1) is 21.2. The molecule has 2 N–H and O–H groups in total. The summed E-state index contributed by atoms with van der Waals surface area (Å²) in [5, 5.41) is 11.9. The van der Waals surface area contributed by atoms with Crippen LogP contribution in [-0.2, 0) is 9.59 Å². The van der Waals surface area contributed by atoms with Crippen molar-refractivity contribution in [1.29, 1.82) is 0 Å². The van der Waals surface area contributed by atoms with Gasteiger partial charge in [-0.05, 0) is 67.5 Å². The van der Waals surface area contributed by atoms with E-state index in [0.29, 0.717) is 22.6 Å². The minimum Gasteiger partial charge on any atom is -0.478 e. The SMILES string of the molecule is Cc1ccccc1N1C(=O)/C(=C/c2ccc(-c3cccc(C(=O)O)c3C)o2)C(=O)NC1=S. The number of amides is 2. The summed E-state index contributed by atoms with van der Waals surface area (Å²) < 4.78 is 5.82. The van der Waals surface area contributed by atoms with Crippen LogP contribution in [-0.4, -0.2) is 28.0 Å². The molecular formula is C24H18N2O5S. The number of hydrogen-bond acceptors (Lipinski definition) is 5. The van der Waals surface area contributed by atoms with Crippen LogP contribution in [0.15, 0.2) is 64.6 Å². The number of nitrogens with zero attached hydrogens (tertiary/aromatic N) is 1. The number of nitrogens with one attached hydrogen (secondary N) is 1. The Hall–Kier alpha value is -4.04. The van der Waals surface area contributed by atoms with E-state index < -0.39 is 17.8 Å². The van der Waals surface area contributed by atoms with Crippen LogP contribution in [0.5, 0.6) is 0 Å². The van der Waals surface area contributed by atoms with E-state index in [1.165, 1.54) is 17.0 Å². The monoisotopic (exact) mass is 446 g/mol. The Balaban J connectivity index is 1.71. The maximum absolute atomic E-state index is 13.2. The molecule has 7 nitrogen and oxygen atoms in total. The lowest BCUT2D eigenvalue weighted by atomic mass is 10.0. The van der Waals surface area contributed by atoms with E-state index in [-0.39, 0.29) is 22.0 Å². The van der Waals surface area contributed by atoms with Crippen LogP contribution in [0.3, 0.4) is 0 Å². The number of para-hydroxylation sites is 1. The highest BCUT2D eigenvalue weighted by Gasteiger charge is 2.35. The molecule has 0 spiro atoms. The maximum Gasteiger partial charge on any atom is 0.335 e. The van der Waals surface area contributed by atoms with Gasteiger partial charge in [0, 0.05) is 5.56 Å². The number of anilines is 1. The molecule has 2 aromatic carbocycles. The smallest absolute Gasteiger partial charge is 0.335 e. The van der Waals surface area contributed by atoms with Gasteiger partial charge in [0.15, 0.2) is 5.11 Å². The Labute approximate surface area is 189 Å². The van der Waals surface area contributed by atoms with Crippen LogP contribution < -0.4 is 10.2 Å². The summed E-state index contributed by atoms with van der Waals surface area (Å²) >= 11 is 5.23. The average molecular weight is 446 g/mol. The summed E-state index contributed by atoms with van der Waals surface area (Å²) in [7, 11) is 0. The largest absolute Gasteiger partial charge is 0.478 e. The number of benzene rings is 2. The summed E-state index contributed by atoms with van der Waals surface area (Å²) in [6.07, 6.45) is 1.35. The Kier molecular flexibility index (Phi) is 5.46.